The van der Waals surface area contributed by atoms with Crippen molar-refractivity contribution in [1.82, 2.24) is 0 Å². The molecule has 0 aliphatic heterocycles. The van der Waals surface area contributed by atoms with E-state index in [1.165, 1.54) is 9.80 Å². The number of hydrogen-bond acceptors (Lipinski definition) is 8. The molecule has 0 fully saturated rings. The van der Waals surface area contributed by atoms with E-state index in [9.17, 15) is 25.9 Å². The van der Waals surface area contributed by atoms with Crippen molar-refractivity contribution in [2.24, 2.45) is 0 Å². The third-order valence-electron chi connectivity index (χ3n) is 3.99. The van der Waals surface area contributed by atoms with E-state index < -0.39 is 41.4 Å². The lowest BCUT2D eigenvalue weighted by molar-refractivity contribution is -0.881. The number of anilines is 2. The highest BCUT2D eigenvalue weighted by Crippen LogP contribution is 2.27. The average molecular weight is 443 g/mol. The van der Waals surface area contributed by atoms with Crippen LogP contribution in [0, 0.1) is 0 Å². The van der Waals surface area contributed by atoms with Crippen LogP contribution in [-0.4, -0.2) is 66.2 Å². The van der Waals surface area contributed by atoms with Crippen LogP contribution in [0.2, 0.25) is 0 Å². The van der Waals surface area contributed by atoms with E-state index in [4.69, 9.17) is 11.5 Å². The van der Waals surface area contributed by atoms with Gasteiger partial charge in [-0.15, -0.1) is 0 Å². The highest BCUT2D eigenvalue weighted by Gasteiger charge is 2.14. The van der Waals surface area contributed by atoms with Crippen molar-refractivity contribution in [3.8, 4) is 0 Å². The molecule has 0 heterocycles. The van der Waals surface area contributed by atoms with Gasteiger partial charge in [0, 0.05) is 0 Å². The van der Waals surface area contributed by atoms with Gasteiger partial charge in [-0.3, -0.25) is 0 Å². The van der Waals surface area contributed by atoms with Gasteiger partial charge >= 0.3 is 0 Å². The molecule has 166 valence electrons. The summed E-state index contributed by atoms with van der Waals surface area (Å²) in [5, 5.41) is 0. The van der Waals surface area contributed by atoms with Crippen LogP contribution in [0.5, 0.6) is 0 Å². The third-order valence-corrected chi connectivity index (χ3v) is 5.77. The zero-order valence-corrected chi connectivity index (χ0v) is 19.4. The van der Waals surface area contributed by atoms with Crippen LogP contribution in [0.15, 0.2) is 21.9 Å². The lowest BCUT2D eigenvalue weighted by atomic mass is 10.3. The predicted molar refractivity (Wildman–Crippen MR) is 107 cm³/mol. The van der Waals surface area contributed by atoms with Crippen molar-refractivity contribution in [2.75, 3.05) is 39.7 Å². The molecule has 0 aliphatic rings. The molecule has 0 amide bonds. The molecule has 6 N–H and O–H groups in total. The Morgan fingerprint density at radius 2 is 0.929 bits per heavy atom. The molecule has 0 atom stereocenters. The number of quaternary nitrogens is 2. The summed E-state index contributed by atoms with van der Waals surface area (Å²) in [7, 11) is -1.30. The van der Waals surface area contributed by atoms with Crippen LogP contribution in [0.25, 0.3) is 0 Å². The Labute approximate surface area is 169 Å². The zero-order valence-electron chi connectivity index (χ0n) is 17.7. The fourth-order valence-electron chi connectivity index (χ4n) is 1.03. The Kier molecular flexibility index (Phi) is 11.9. The molecule has 0 unspecified atom stereocenters. The van der Waals surface area contributed by atoms with Gasteiger partial charge in [0.15, 0.2) is 0 Å². The standard InChI is InChI=1S/C6H8N2O6S2.2C5H13N/c7-3-1-4(8)6(16(12,13)14)2-5(3)15(9,10)11;2*1-5(2)6(3)4/h1-2H,7-8H2,(H,9,10,11)(H,12,13,14);2*5H,1-4H3. The molecule has 0 saturated heterocycles. The Hall–Kier alpha value is -1.44. The molecule has 0 saturated carbocycles. The van der Waals surface area contributed by atoms with Crippen molar-refractivity contribution in [1.29, 1.82) is 0 Å². The lowest BCUT2D eigenvalue weighted by Crippen LogP contribution is -3.09. The first-order valence-corrected chi connectivity index (χ1v) is 11.3. The smallest absolute Gasteiger partial charge is 0.126 e. The second-order valence-corrected chi connectivity index (χ2v) is 10.00. The topological polar surface area (TPSA) is 175 Å². The van der Waals surface area contributed by atoms with Crippen LogP contribution in [0.3, 0.4) is 0 Å². The fourth-order valence-corrected chi connectivity index (χ4v) is 2.32. The van der Waals surface area contributed by atoms with Crippen molar-refractivity contribution in [3.63, 3.8) is 0 Å². The molecule has 0 spiro atoms. The van der Waals surface area contributed by atoms with Crippen molar-refractivity contribution in [2.45, 2.75) is 49.6 Å². The zero-order chi connectivity index (χ0) is 23.0. The Morgan fingerprint density at radius 1 is 0.714 bits per heavy atom. The normalized spacial score (nSPS) is 11.9. The van der Waals surface area contributed by atoms with Crippen LogP contribution in [0.1, 0.15) is 27.7 Å². The number of nitrogens with one attached hydrogen (secondary N) is 2. The summed E-state index contributed by atoms with van der Waals surface area (Å²) in [5.41, 5.74) is 9.30. The molecular formula is C16H34N4O6S2. The van der Waals surface area contributed by atoms with Gasteiger partial charge in [-0.25, -0.2) is 16.8 Å². The van der Waals surface area contributed by atoms with Crippen molar-refractivity contribution >= 4 is 31.6 Å². The van der Waals surface area contributed by atoms with Gasteiger partial charge in [-0.05, 0) is 39.8 Å². The maximum atomic E-state index is 10.7. The first kappa shape index (κ1) is 28.8. The summed E-state index contributed by atoms with van der Waals surface area (Å²) in [6, 6.07) is 2.63. The second kappa shape index (κ2) is 11.5. The number of hydrogen-bond donors (Lipinski definition) is 4. The van der Waals surface area contributed by atoms with Gasteiger partial charge in [0.25, 0.3) is 0 Å². The van der Waals surface area contributed by atoms with E-state index in [-0.39, 0.29) is 0 Å². The molecular weight excluding hydrogens is 408 g/mol. The molecule has 1 rings (SSSR count). The Bertz CT molecular complexity index is 743. The molecule has 0 bridgehead atoms. The van der Waals surface area contributed by atoms with E-state index in [1.54, 1.807) is 0 Å². The summed E-state index contributed by atoms with van der Waals surface area (Å²) >= 11 is 0. The van der Waals surface area contributed by atoms with E-state index in [0.717, 1.165) is 18.2 Å². The minimum absolute atomic E-state index is 0.356. The molecule has 28 heavy (non-hydrogen) atoms. The minimum atomic E-state index is -4.97. The third kappa shape index (κ3) is 11.4. The largest absolute Gasteiger partial charge is 0.744 e. The Balaban J connectivity index is 0. The number of benzene rings is 1. The van der Waals surface area contributed by atoms with Gasteiger partial charge in [0.1, 0.15) is 20.2 Å². The van der Waals surface area contributed by atoms with Crippen LogP contribution in [-0.2, 0) is 20.2 Å². The SMILES string of the molecule is CC(C)[NH+](C)C.CC(C)[NH+](C)C.Nc1cc(N)c(S(=O)(=O)[O-])cc1S(=O)(=O)[O-]. The van der Waals surface area contributed by atoms with E-state index in [0.29, 0.717) is 6.07 Å². The predicted octanol–water partition coefficient (Wildman–Crippen LogP) is -2.26. The highest BCUT2D eigenvalue weighted by molar-refractivity contribution is 7.86. The summed E-state index contributed by atoms with van der Waals surface area (Å²) in [6.45, 7) is 8.81. The van der Waals surface area contributed by atoms with Gasteiger partial charge in [0.2, 0.25) is 0 Å². The Morgan fingerprint density at radius 3 is 1.07 bits per heavy atom. The van der Waals surface area contributed by atoms with Gasteiger partial charge in [-0.2, -0.15) is 0 Å². The molecule has 10 nitrogen and oxygen atoms in total. The van der Waals surface area contributed by atoms with E-state index in [1.807, 2.05) is 0 Å². The summed E-state index contributed by atoms with van der Waals surface area (Å²) in [4.78, 5) is 1.04. The summed E-state index contributed by atoms with van der Waals surface area (Å²) in [6.07, 6.45) is 0. The van der Waals surface area contributed by atoms with E-state index >= 15 is 0 Å². The molecule has 12 heteroatoms. The summed E-state index contributed by atoms with van der Waals surface area (Å²) in [5.74, 6) is 0. The maximum Gasteiger partial charge on any atom is 0.126 e. The monoisotopic (exact) mass is 442 g/mol. The molecule has 0 aliphatic carbocycles. The summed E-state index contributed by atoms with van der Waals surface area (Å²) < 4.78 is 64.0. The first-order valence-electron chi connectivity index (χ1n) is 8.53. The van der Waals surface area contributed by atoms with Crippen LogP contribution < -0.4 is 21.3 Å². The molecule has 0 aromatic heterocycles. The molecule has 1 aromatic carbocycles. The van der Waals surface area contributed by atoms with Crippen LogP contribution in [0.4, 0.5) is 11.4 Å². The fraction of sp³-hybridized carbons (Fsp3) is 0.625. The average Bonchev–Trinajstić information content (AvgIpc) is 2.45. The van der Waals surface area contributed by atoms with Gasteiger partial charge in [0.05, 0.1) is 61.4 Å². The number of rotatable bonds is 4. The molecule has 1 aromatic rings. The second-order valence-electron chi connectivity index (χ2n) is 7.30. The van der Waals surface area contributed by atoms with Crippen LogP contribution >= 0.6 is 0 Å². The van der Waals surface area contributed by atoms with Crippen molar-refractivity contribution < 1.29 is 35.7 Å². The van der Waals surface area contributed by atoms with Gasteiger partial charge < -0.3 is 30.4 Å². The van der Waals surface area contributed by atoms with E-state index in [2.05, 4.69) is 55.9 Å². The highest BCUT2D eigenvalue weighted by atomic mass is 32.2. The quantitative estimate of drug-likeness (QED) is 0.298. The first-order chi connectivity index (χ1) is 12.3. The minimum Gasteiger partial charge on any atom is -0.744 e. The molecule has 0 radical (unpaired) electrons. The maximum absolute atomic E-state index is 10.7. The number of nitrogen functional groups attached to an aromatic ring is 2. The lowest BCUT2D eigenvalue weighted by Gasteiger charge is -2.15. The van der Waals surface area contributed by atoms with Gasteiger partial charge in [-0.1, -0.05) is 0 Å². The van der Waals surface area contributed by atoms with Crippen molar-refractivity contribution in [3.05, 3.63) is 12.1 Å². The number of nitrogens with two attached hydrogens (primary N) is 2.